The van der Waals surface area contributed by atoms with Gasteiger partial charge in [0.15, 0.2) is 6.29 Å². The molecule has 12 nitrogen and oxygen atoms in total. The quantitative estimate of drug-likeness (QED) is 0.0804. The van der Waals surface area contributed by atoms with Gasteiger partial charge in [0.1, 0.15) is 6.04 Å². The van der Waals surface area contributed by atoms with Crippen molar-refractivity contribution < 1.29 is 27.8 Å². The molecule has 2 aliphatic rings. The molecule has 2 saturated heterocycles. The van der Waals surface area contributed by atoms with E-state index >= 15 is 0 Å². The summed E-state index contributed by atoms with van der Waals surface area (Å²) < 4.78 is 45.3. The van der Waals surface area contributed by atoms with Gasteiger partial charge in [-0.3, -0.25) is 9.36 Å². The summed E-state index contributed by atoms with van der Waals surface area (Å²) in [6.07, 6.45) is 0.759. The fourth-order valence-electron chi connectivity index (χ4n) is 9.43. The van der Waals surface area contributed by atoms with Crippen LogP contribution in [0.3, 0.4) is 0 Å². The monoisotopic (exact) mass is 919 g/mol. The highest BCUT2D eigenvalue weighted by atomic mass is 32.2. The van der Waals surface area contributed by atoms with Crippen molar-refractivity contribution in [2.24, 2.45) is 5.92 Å². The molecule has 0 aliphatic carbocycles. The van der Waals surface area contributed by atoms with Crippen molar-refractivity contribution >= 4 is 27.0 Å². The maximum atomic E-state index is 13.8. The van der Waals surface area contributed by atoms with Crippen LogP contribution >= 0.6 is 0 Å². The van der Waals surface area contributed by atoms with E-state index < -0.39 is 28.3 Å². The van der Waals surface area contributed by atoms with Crippen molar-refractivity contribution in [1.29, 1.82) is 0 Å². The number of aryl methyl sites for hydroxylation is 1. The number of aliphatic hydroxyl groups is 1. The second kappa shape index (κ2) is 20.4. The number of imidazole rings is 1. The molecule has 2 fully saturated rings. The predicted octanol–water partition coefficient (Wildman–Crippen LogP) is 8.13. The number of para-hydroxylation sites is 2. The Morgan fingerprint density at radius 1 is 0.776 bits per heavy atom. The van der Waals surface area contributed by atoms with E-state index in [4.69, 9.17) is 9.47 Å². The number of nitrogens with one attached hydrogen (secondary N) is 3. The molecule has 0 saturated carbocycles. The molecule has 1 amide bonds. The number of benzene rings is 6. The topological polar surface area (TPSA) is 155 Å². The van der Waals surface area contributed by atoms with Gasteiger partial charge in [0.05, 0.1) is 34.7 Å². The Morgan fingerprint density at radius 3 is 2.21 bits per heavy atom. The molecule has 4 N–H and O–H groups in total. The van der Waals surface area contributed by atoms with E-state index in [-0.39, 0.29) is 54.3 Å². The first-order chi connectivity index (χ1) is 32.5. The fourth-order valence-corrected chi connectivity index (χ4v) is 10.6. The minimum atomic E-state index is -3.99. The molecule has 5 atom stereocenters. The average molecular weight is 920 g/mol. The van der Waals surface area contributed by atoms with Crippen LogP contribution in [0.25, 0.3) is 22.2 Å². The zero-order valence-corrected chi connectivity index (χ0v) is 38.6. The zero-order valence-electron chi connectivity index (χ0n) is 37.8. The number of amides is 1. The summed E-state index contributed by atoms with van der Waals surface area (Å²) in [5, 5.41) is 12.8. The number of aliphatic hydroxyl groups excluding tert-OH is 1. The van der Waals surface area contributed by atoms with Gasteiger partial charge >= 0.3 is 5.69 Å². The number of piperidine rings is 1. The Bertz CT molecular complexity index is 2970. The Labute approximate surface area is 391 Å². The number of aromatic nitrogens is 2. The summed E-state index contributed by atoms with van der Waals surface area (Å²) in [5.74, 6) is -0.428. The van der Waals surface area contributed by atoms with E-state index in [0.29, 0.717) is 6.54 Å². The molecule has 0 bridgehead atoms. The minimum absolute atomic E-state index is 0.00506. The summed E-state index contributed by atoms with van der Waals surface area (Å²) in [7, 11) is -3.99. The number of aromatic amines is 1. The Balaban J connectivity index is 0.904. The maximum Gasteiger partial charge on any atom is 0.326 e. The molecule has 9 rings (SSSR count). The van der Waals surface area contributed by atoms with Gasteiger partial charge in [-0.05, 0) is 96.0 Å². The van der Waals surface area contributed by atoms with Crippen LogP contribution in [0.4, 0.5) is 0 Å². The number of sulfonamides is 1. The first-order valence-electron chi connectivity index (χ1n) is 23.0. The van der Waals surface area contributed by atoms with Crippen LogP contribution in [0.15, 0.2) is 161 Å². The maximum absolute atomic E-state index is 13.8. The zero-order chi connectivity index (χ0) is 46.5. The fraction of sp³-hybridized carbons (Fsp3) is 0.296. The predicted molar refractivity (Wildman–Crippen MR) is 259 cm³/mol. The smallest absolute Gasteiger partial charge is 0.326 e. The summed E-state index contributed by atoms with van der Waals surface area (Å²) in [6, 6.07) is 46.8. The Morgan fingerprint density at radius 2 is 1.46 bits per heavy atom. The molecule has 3 heterocycles. The number of fused-ring (bicyclic) bond motifs is 1. The van der Waals surface area contributed by atoms with Crippen LogP contribution in [0.5, 0.6) is 0 Å². The molecule has 13 heteroatoms. The minimum Gasteiger partial charge on any atom is -0.392 e. The average Bonchev–Trinajstić information content (AvgIpc) is 3.70. The van der Waals surface area contributed by atoms with E-state index in [1.807, 2.05) is 133 Å². The molecule has 0 radical (unpaired) electrons. The molecular formula is C54H57N5O7S. The number of hydrogen-bond acceptors (Lipinski definition) is 8. The summed E-state index contributed by atoms with van der Waals surface area (Å²) >= 11 is 0. The molecule has 0 spiro atoms. The lowest BCUT2D eigenvalue weighted by molar-refractivity contribution is -0.276. The van der Waals surface area contributed by atoms with Crippen molar-refractivity contribution in [3.8, 4) is 11.1 Å². The van der Waals surface area contributed by atoms with E-state index in [9.17, 15) is 23.1 Å². The van der Waals surface area contributed by atoms with Crippen molar-refractivity contribution in [2.75, 3.05) is 19.6 Å². The lowest BCUT2D eigenvalue weighted by Gasteiger charge is -2.44. The second-order valence-corrected chi connectivity index (χ2v) is 19.6. The van der Waals surface area contributed by atoms with E-state index in [1.165, 1.54) is 0 Å². The van der Waals surface area contributed by atoms with E-state index in [0.717, 1.165) is 81.5 Å². The first-order valence-corrected chi connectivity index (χ1v) is 24.5. The highest BCUT2D eigenvalue weighted by Gasteiger charge is 2.40. The lowest BCUT2D eigenvalue weighted by Crippen LogP contribution is -2.47. The van der Waals surface area contributed by atoms with Gasteiger partial charge in [0.2, 0.25) is 15.9 Å². The number of hydrogen-bond donors (Lipinski definition) is 4. The third kappa shape index (κ3) is 10.7. The number of carbonyl (C=O) groups excluding carboxylic acids is 1. The van der Waals surface area contributed by atoms with Crippen LogP contribution in [-0.4, -0.2) is 65.7 Å². The SMILES string of the molecule is Cc1ccc(S(=O)(=O)N[C@H](Cc2ccccc2)C(=O)NCc2cccc(-c3cccc([C@H]4O[C@@H](CN5CCC(n6c(=O)[nH]c7ccccc76)CC5)[C@@H](C)[C@@H](c5ccc(CO)cc5)O4)c3)c2)cc1. The van der Waals surface area contributed by atoms with Gasteiger partial charge in [-0.2, -0.15) is 4.72 Å². The van der Waals surface area contributed by atoms with E-state index in [2.05, 4.69) is 32.9 Å². The standard InChI is InChI=1S/C54H57N5O7S/c1-36-18-24-46(25-19-36)67(63,64)57-48(31-38-10-4-3-5-11-38)52(61)55-33-40-12-8-13-42(30-40)43-14-9-15-44(32-43)53-65-50(37(2)51(66-53)41-22-20-39(35-60)21-23-41)34-58-28-26-45(27-29-58)59-49-17-7-6-16-47(49)56-54(59)62/h3-25,30,32,37,45,48,50-51,53,57,60H,26-29,31,33-35H2,1-2H3,(H,55,61)(H,56,62)/t37-,48-,50+,51+,53+/m1/s1. The number of rotatable bonds is 15. The highest BCUT2D eigenvalue weighted by molar-refractivity contribution is 7.89. The van der Waals surface area contributed by atoms with Crippen molar-refractivity contribution in [1.82, 2.24) is 24.5 Å². The van der Waals surface area contributed by atoms with Crippen molar-refractivity contribution in [3.05, 3.63) is 196 Å². The summed E-state index contributed by atoms with van der Waals surface area (Å²) in [6.45, 7) is 6.56. The largest absolute Gasteiger partial charge is 0.392 e. The Kier molecular flexibility index (Phi) is 14.0. The van der Waals surface area contributed by atoms with Gasteiger partial charge < -0.3 is 29.8 Å². The summed E-state index contributed by atoms with van der Waals surface area (Å²) in [5.41, 5.74) is 8.93. The van der Waals surface area contributed by atoms with Gasteiger partial charge in [0.25, 0.3) is 0 Å². The molecule has 7 aromatic rings. The Hall–Kier alpha value is -6.19. The van der Waals surface area contributed by atoms with Gasteiger partial charge in [0, 0.05) is 43.7 Å². The van der Waals surface area contributed by atoms with Gasteiger partial charge in [-0.25, -0.2) is 13.2 Å². The molecule has 2 aliphatic heterocycles. The number of ether oxygens (including phenoxy) is 2. The number of nitrogens with zero attached hydrogens (tertiary/aromatic N) is 2. The molecule has 346 valence electrons. The summed E-state index contributed by atoms with van der Waals surface area (Å²) in [4.78, 5) is 32.4. The number of carbonyl (C=O) groups is 1. The van der Waals surface area contributed by atoms with Crippen molar-refractivity contribution in [3.63, 3.8) is 0 Å². The molecule has 67 heavy (non-hydrogen) atoms. The third-order valence-corrected chi connectivity index (χ3v) is 14.7. The molecule has 0 unspecified atom stereocenters. The van der Waals surface area contributed by atoms with Crippen molar-refractivity contribution in [2.45, 2.75) is 81.7 Å². The van der Waals surface area contributed by atoms with Crippen LogP contribution in [0, 0.1) is 12.8 Å². The normalized spacial score (nSPS) is 19.9. The highest BCUT2D eigenvalue weighted by Crippen LogP contribution is 2.43. The molecule has 1 aromatic heterocycles. The molecule has 6 aromatic carbocycles. The lowest BCUT2D eigenvalue weighted by atomic mass is 9.89. The van der Waals surface area contributed by atoms with Crippen LogP contribution in [0.2, 0.25) is 0 Å². The molecular weight excluding hydrogens is 863 g/mol. The van der Waals surface area contributed by atoms with Gasteiger partial charge in [-0.1, -0.05) is 128 Å². The van der Waals surface area contributed by atoms with Gasteiger partial charge in [-0.15, -0.1) is 0 Å². The second-order valence-electron chi connectivity index (χ2n) is 17.9. The van der Waals surface area contributed by atoms with E-state index in [1.54, 1.807) is 24.3 Å². The van der Waals surface area contributed by atoms with Crippen LogP contribution < -0.4 is 15.7 Å². The van der Waals surface area contributed by atoms with Crippen LogP contribution in [0.1, 0.15) is 71.6 Å². The number of likely N-dealkylation sites (tertiary alicyclic amines) is 1. The number of H-pyrrole nitrogens is 1. The van der Waals surface area contributed by atoms with Crippen LogP contribution in [-0.2, 0) is 43.9 Å². The first kappa shape index (κ1) is 45.9. The third-order valence-electron chi connectivity index (χ3n) is 13.2.